The molecule has 24 heavy (non-hydrogen) atoms. The van der Waals surface area contributed by atoms with Crippen molar-refractivity contribution in [3.05, 3.63) is 52.7 Å². The van der Waals surface area contributed by atoms with Gasteiger partial charge in [-0.1, -0.05) is 37.3 Å². The van der Waals surface area contributed by atoms with Crippen LogP contribution >= 0.6 is 0 Å². The van der Waals surface area contributed by atoms with E-state index >= 15 is 0 Å². The van der Waals surface area contributed by atoms with Crippen LogP contribution in [0, 0.1) is 0 Å². The van der Waals surface area contributed by atoms with E-state index in [0.29, 0.717) is 5.56 Å². The van der Waals surface area contributed by atoms with Crippen molar-refractivity contribution in [1.82, 2.24) is 0 Å². The Kier molecular flexibility index (Phi) is 3.95. The van der Waals surface area contributed by atoms with Gasteiger partial charge in [-0.2, -0.15) is 0 Å². The highest BCUT2D eigenvalue weighted by Crippen LogP contribution is 2.35. The van der Waals surface area contributed by atoms with Crippen molar-refractivity contribution in [1.29, 1.82) is 0 Å². The van der Waals surface area contributed by atoms with Crippen molar-refractivity contribution >= 4 is 16.9 Å². The SMILES string of the molecule is CCC(=O)Oc1c(-c2ccccc2)oc2cc(O)cc(O)c2c1=O. The van der Waals surface area contributed by atoms with Crippen LogP contribution in [0.2, 0.25) is 0 Å². The van der Waals surface area contributed by atoms with Crippen LogP contribution < -0.4 is 10.2 Å². The van der Waals surface area contributed by atoms with E-state index in [1.54, 1.807) is 37.3 Å². The molecule has 6 heteroatoms. The summed E-state index contributed by atoms with van der Waals surface area (Å²) in [5, 5.41) is 19.4. The van der Waals surface area contributed by atoms with Crippen LogP contribution in [0.3, 0.4) is 0 Å². The Labute approximate surface area is 136 Å². The molecule has 3 rings (SSSR count). The van der Waals surface area contributed by atoms with Crippen molar-refractivity contribution in [3.63, 3.8) is 0 Å². The van der Waals surface area contributed by atoms with E-state index in [1.807, 2.05) is 0 Å². The maximum atomic E-state index is 12.7. The summed E-state index contributed by atoms with van der Waals surface area (Å²) >= 11 is 0. The van der Waals surface area contributed by atoms with Crippen molar-refractivity contribution in [2.45, 2.75) is 13.3 Å². The van der Waals surface area contributed by atoms with Crippen LogP contribution in [0.5, 0.6) is 17.2 Å². The number of phenols is 2. The summed E-state index contributed by atoms with van der Waals surface area (Å²) in [6, 6.07) is 10.9. The Morgan fingerprint density at radius 1 is 1.17 bits per heavy atom. The van der Waals surface area contributed by atoms with E-state index in [2.05, 4.69) is 0 Å². The van der Waals surface area contributed by atoms with Crippen molar-refractivity contribution in [2.24, 2.45) is 0 Å². The van der Waals surface area contributed by atoms with Gasteiger partial charge in [0.1, 0.15) is 22.5 Å². The zero-order valence-corrected chi connectivity index (χ0v) is 12.8. The number of ether oxygens (including phenoxy) is 1. The summed E-state index contributed by atoms with van der Waals surface area (Å²) in [5.41, 5.74) is -0.166. The second-order valence-electron chi connectivity index (χ2n) is 5.12. The second kappa shape index (κ2) is 6.08. The second-order valence-corrected chi connectivity index (χ2v) is 5.12. The van der Waals surface area contributed by atoms with Crippen molar-refractivity contribution in [3.8, 4) is 28.6 Å². The molecule has 1 aromatic heterocycles. The van der Waals surface area contributed by atoms with Gasteiger partial charge in [0, 0.05) is 24.1 Å². The standard InChI is InChI=1S/C18H14O6/c1-2-14(21)24-18-16(22)15-12(20)8-11(19)9-13(15)23-17(18)10-6-4-3-5-7-10/h3-9,19-20H,2H2,1H3. The predicted octanol–water partition coefficient (Wildman–Crippen LogP) is 3.19. The maximum absolute atomic E-state index is 12.7. The minimum Gasteiger partial charge on any atom is -0.508 e. The van der Waals surface area contributed by atoms with Crippen LogP contribution in [0.15, 0.2) is 51.7 Å². The van der Waals surface area contributed by atoms with Crippen LogP contribution in [0.1, 0.15) is 13.3 Å². The Bertz CT molecular complexity index is 972. The first-order valence-electron chi connectivity index (χ1n) is 7.30. The highest BCUT2D eigenvalue weighted by atomic mass is 16.5. The monoisotopic (exact) mass is 326 g/mol. The molecule has 2 aromatic carbocycles. The number of rotatable bonds is 3. The van der Waals surface area contributed by atoms with Crippen LogP contribution in [-0.4, -0.2) is 16.2 Å². The highest BCUT2D eigenvalue weighted by Gasteiger charge is 2.22. The fourth-order valence-corrected chi connectivity index (χ4v) is 2.33. The van der Waals surface area contributed by atoms with E-state index in [9.17, 15) is 19.8 Å². The fraction of sp³-hybridized carbons (Fsp3) is 0.111. The van der Waals surface area contributed by atoms with Gasteiger partial charge in [0.2, 0.25) is 11.2 Å². The molecular weight excluding hydrogens is 312 g/mol. The molecule has 6 nitrogen and oxygen atoms in total. The van der Waals surface area contributed by atoms with Gasteiger partial charge in [-0.15, -0.1) is 0 Å². The molecule has 0 radical (unpaired) electrons. The molecule has 0 aliphatic carbocycles. The first-order chi connectivity index (χ1) is 11.5. The lowest BCUT2D eigenvalue weighted by Crippen LogP contribution is -2.15. The molecular formula is C18H14O6. The number of benzene rings is 2. The molecule has 2 N–H and O–H groups in total. The van der Waals surface area contributed by atoms with E-state index < -0.39 is 17.1 Å². The van der Waals surface area contributed by atoms with Crippen molar-refractivity contribution < 1.29 is 24.2 Å². The molecule has 1 heterocycles. The van der Waals surface area contributed by atoms with E-state index in [4.69, 9.17) is 9.15 Å². The van der Waals surface area contributed by atoms with Gasteiger partial charge in [0.05, 0.1) is 0 Å². The maximum Gasteiger partial charge on any atom is 0.311 e. The lowest BCUT2D eigenvalue weighted by molar-refractivity contribution is -0.134. The quantitative estimate of drug-likeness (QED) is 0.718. The molecule has 0 saturated carbocycles. The number of hydrogen-bond donors (Lipinski definition) is 2. The van der Waals surface area contributed by atoms with E-state index in [-0.39, 0.29) is 34.6 Å². The highest BCUT2D eigenvalue weighted by molar-refractivity contribution is 5.89. The molecule has 0 amide bonds. The molecule has 0 spiro atoms. The van der Waals surface area contributed by atoms with Crippen LogP contribution in [0.25, 0.3) is 22.3 Å². The van der Waals surface area contributed by atoms with Gasteiger partial charge < -0.3 is 19.4 Å². The number of esters is 1. The van der Waals surface area contributed by atoms with Crippen molar-refractivity contribution in [2.75, 3.05) is 0 Å². The molecule has 0 unspecified atom stereocenters. The minimum atomic E-state index is -0.686. The van der Waals surface area contributed by atoms with E-state index in [1.165, 1.54) is 6.07 Å². The average molecular weight is 326 g/mol. The summed E-state index contributed by atoms with van der Waals surface area (Å²) < 4.78 is 10.8. The molecule has 0 bridgehead atoms. The van der Waals surface area contributed by atoms with Gasteiger partial charge >= 0.3 is 5.97 Å². The average Bonchev–Trinajstić information content (AvgIpc) is 2.57. The largest absolute Gasteiger partial charge is 0.508 e. The number of hydrogen-bond acceptors (Lipinski definition) is 6. The van der Waals surface area contributed by atoms with Crippen LogP contribution in [0.4, 0.5) is 0 Å². The van der Waals surface area contributed by atoms with Gasteiger partial charge in [-0.3, -0.25) is 9.59 Å². The lowest BCUT2D eigenvalue weighted by Gasteiger charge is -2.11. The number of fused-ring (bicyclic) bond motifs is 1. The van der Waals surface area contributed by atoms with Gasteiger partial charge in [-0.05, 0) is 0 Å². The number of aromatic hydroxyl groups is 2. The topological polar surface area (TPSA) is 97.0 Å². The summed E-state index contributed by atoms with van der Waals surface area (Å²) in [7, 11) is 0. The molecule has 3 aromatic rings. The molecule has 0 aliphatic rings. The normalized spacial score (nSPS) is 10.7. The smallest absolute Gasteiger partial charge is 0.311 e. The molecule has 0 aliphatic heterocycles. The Balaban J connectivity index is 2.38. The van der Waals surface area contributed by atoms with E-state index in [0.717, 1.165) is 6.07 Å². The third-order valence-electron chi connectivity index (χ3n) is 3.46. The predicted molar refractivity (Wildman–Crippen MR) is 87.2 cm³/mol. The Morgan fingerprint density at radius 3 is 2.54 bits per heavy atom. The minimum absolute atomic E-state index is 0.00681. The zero-order chi connectivity index (χ0) is 17.3. The van der Waals surface area contributed by atoms with Gasteiger partial charge in [0.25, 0.3) is 0 Å². The lowest BCUT2D eigenvalue weighted by atomic mass is 10.1. The third kappa shape index (κ3) is 2.69. The zero-order valence-electron chi connectivity index (χ0n) is 12.8. The Morgan fingerprint density at radius 2 is 1.88 bits per heavy atom. The molecule has 0 saturated heterocycles. The molecule has 122 valence electrons. The fourth-order valence-electron chi connectivity index (χ4n) is 2.33. The number of phenolic OH excluding ortho intramolecular Hbond substituents is 2. The Hall–Kier alpha value is -3.28. The first-order valence-corrected chi connectivity index (χ1v) is 7.30. The molecule has 0 atom stereocenters. The molecule has 0 fully saturated rings. The summed E-state index contributed by atoms with van der Waals surface area (Å²) in [5.74, 6) is -1.54. The summed E-state index contributed by atoms with van der Waals surface area (Å²) in [6.07, 6.45) is 0.0767. The van der Waals surface area contributed by atoms with Gasteiger partial charge in [-0.25, -0.2) is 0 Å². The summed E-state index contributed by atoms with van der Waals surface area (Å²) in [6.45, 7) is 1.60. The number of carbonyl (C=O) groups excluding carboxylic acids is 1. The van der Waals surface area contributed by atoms with Crippen LogP contribution in [-0.2, 0) is 4.79 Å². The third-order valence-corrected chi connectivity index (χ3v) is 3.46. The van der Waals surface area contributed by atoms with Gasteiger partial charge in [0.15, 0.2) is 5.76 Å². The first kappa shape index (κ1) is 15.6. The summed E-state index contributed by atoms with van der Waals surface area (Å²) in [4.78, 5) is 24.4. The number of carbonyl (C=O) groups is 1.